The number of thiocarbonyl (C=S) groups is 1. The summed E-state index contributed by atoms with van der Waals surface area (Å²) in [6.07, 6.45) is 5.20. The summed E-state index contributed by atoms with van der Waals surface area (Å²) in [6.45, 7) is 0.726. The van der Waals surface area contributed by atoms with Crippen LogP contribution in [-0.2, 0) is 19.4 Å². The van der Waals surface area contributed by atoms with E-state index >= 15 is 0 Å². The summed E-state index contributed by atoms with van der Waals surface area (Å²) in [4.78, 5) is 14.6. The summed E-state index contributed by atoms with van der Waals surface area (Å²) in [5.74, 6) is 0. The van der Waals surface area contributed by atoms with Crippen LogP contribution in [0.4, 0.5) is 5.69 Å². The summed E-state index contributed by atoms with van der Waals surface area (Å²) in [5.41, 5.74) is 9.12. The average molecular weight is 367 g/mol. The molecule has 0 aliphatic carbocycles. The van der Waals surface area contributed by atoms with Gasteiger partial charge in [0.05, 0.1) is 23.7 Å². The number of rotatable bonds is 4. The molecule has 2 aliphatic heterocycles. The number of hydrogen-bond acceptors (Lipinski definition) is 4. The molecule has 3 heterocycles. The molecular formula is C23H17N3S. The Morgan fingerprint density at radius 2 is 1.78 bits per heavy atom. The number of benzene rings is 2. The lowest BCUT2D eigenvalue weighted by Crippen LogP contribution is -2.14. The Labute approximate surface area is 163 Å². The highest BCUT2D eigenvalue weighted by molar-refractivity contribution is 7.82. The van der Waals surface area contributed by atoms with Gasteiger partial charge in [0, 0.05) is 41.2 Å². The minimum Gasteiger partial charge on any atom is -0.279 e. The van der Waals surface area contributed by atoms with Gasteiger partial charge in [-0.2, -0.15) is 0 Å². The van der Waals surface area contributed by atoms with Crippen LogP contribution in [0.3, 0.4) is 0 Å². The smallest absolute Gasteiger partial charge is 0.0728 e. The Morgan fingerprint density at radius 3 is 2.59 bits per heavy atom. The molecule has 0 spiro atoms. The van der Waals surface area contributed by atoms with Crippen molar-refractivity contribution in [3.63, 3.8) is 0 Å². The van der Waals surface area contributed by atoms with Gasteiger partial charge in [0.25, 0.3) is 0 Å². The minimum atomic E-state index is 0.726. The number of aromatic nitrogens is 1. The highest BCUT2D eigenvalue weighted by Gasteiger charge is 2.24. The molecule has 0 bridgehead atoms. The molecule has 0 N–H and O–H groups in total. The first-order valence-corrected chi connectivity index (χ1v) is 9.44. The molecule has 1 aromatic heterocycles. The van der Waals surface area contributed by atoms with Gasteiger partial charge < -0.3 is 0 Å². The lowest BCUT2D eigenvalue weighted by atomic mass is 9.96. The van der Waals surface area contributed by atoms with Gasteiger partial charge in [-0.15, -0.1) is 0 Å². The Morgan fingerprint density at radius 1 is 0.963 bits per heavy atom. The molecule has 3 nitrogen and oxygen atoms in total. The highest BCUT2D eigenvalue weighted by atomic mass is 32.1. The number of hydrogen-bond donors (Lipinski definition) is 0. The van der Waals surface area contributed by atoms with E-state index in [0.717, 1.165) is 46.9 Å². The van der Waals surface area contributed by atoms with E-state index in [9.17, 15) is 0 Å². The second-order valence-electron chi connectivity index (χ2n) is 6.86. The van der Waals surface area contributed by atoms with Crippen LogP contribution in [0.1, 0.15) is 27.8 Å². The molecule has 0 fully saturated rings. The predicted molar refractivity (Wildman–Crippen MR) is 114 cm³/mol. The second kappa shape index (κ2) is 6.63. The van der Waals surface area contributed by atoms with E-state index < -0.39 is 0 Å². The topological polar surface area (TPSA) is 37.6 Å². The van der Waals surface area contributed by atoms with Gasteiger partial charge in [-0.3, -0.25) is 15.0 Å². The maximum Gasteiger partial charge on any atom is 0.0728 e. The maximum atomic E-state index is 5.69. The van der Waals surface area contributed by atoms with Crippen molar-refractivity contribution in [2.45, 2.75) is 19.4 Å². The van der Waals surface area contributed by atoms with Crippen LogP contribution in [0.2, 0.25) is 0 Å². The Hall–Kier alpha value is -2.98. The Bertz CT molecular complexity index is 1100. The van der Waals surface area contributed by atoms with Crippen molar-refractivity contribution in [2.75, 3.05) is 0 Å². The van der Waals surface area contributed by atoms with E-state index in [0.29, 0.717) is 0 Å². The third kappa shape index (κ3) is 3.02. The van der Waals surface area contributed by atoms with Crippen LogP contribution in [0, 0.1) is 0 Å². The number of nitrogens with zero attached hydrogens (tertiary/aromatic N) is 3. The van der Waals surface area contributed by atoms with Gasteiger partial charge in [-0.05, 0) is 34.9 Å². The Kier molecular flexibility index (Phi) is 3.98. The fourth-order valence-corrected chi connectivity index (χ4v) is 3.98. The molecular weight excluding hydrogens is 350 g/mol. The molecule has 130 valence electrons. The number of aliphatic imine (C=N–C) groups is 2. The molecule has 0 radical (unpaired) electrons. The first-order chi connectivity index (χ1) is 13.3. The van der Waals surface area contributed by atoms with Gasteiger partial charge in [-0.1, -0.05) is 48.6 Å². The van der Waals surface area contributed by atoms with Crippen molar-refractivity contribution in [1.82, 2.24) is 4.98 Å². The molecule has 2 aromatic carbocycles. The van der Waals surface area contributed by atoms with E-state index in [4.69, 9.17) is 22.2 Å². The molecule has 0 atom stereocenters. The lowest BCUT2D eigenvalue weighted by Gasteiger charge is -2.06. The lowest BCUT2D eigenvalue weighted by molar-refractivity contribution is 1.10. The third-order valence-electron chi connectivity index (χ3n) is 5.06. The standard InChI is InChI=1S/C23H17N3S/c27-22(10-15-4-2-1-3-5-15)21-12-17-11-18-14-25-23(16-6-8-24-9-7-16)19(18)13-20(17)26-21/h1-9,11,13H,10,12,14H2. The highest BCUT2D eigenvalue weighted by Crippen LogP contribution is 2.34. The fraction of sp³-hybridized carbons (Fsp3) is 0.130. The molecule has 27 heavy (non-hydrogen) atoms. The van der Waals surface area contributed by atoms with Gasteiger partial charge in [-0.25, -0.2) is 0 Å². The normalized spacial score (nSPS) is 14.4. The van der Waals surface area contributed by atoms with Crippen molar-refractivity contribution >= 4 is 34.2 Å². The molecule has 0 saturated heterocycles. The van der Waals surface area contributed by atoms with Crippen LogP contribution >= 0.6 is 12.2 Å². The second-order valence-corrected chi connectivity index (χ2v) is 7.35. The number of fused-ring (bicyclic) bond motifs is 2. The molecule has 5 rings (SSSR count). The minimum absolute atomic E-state index is 0.726. The van der Waals surface area contributed by atoms with Crippen LogP contribution in [0.5, 0.6) is 0 Å². The number of pyridine rings is 1. The molecule has 0 amide bonds. The van der Waals surface area contributed by atoms with Gasteiger partial charge >= 0.3 is 0 Å². The van der Waals surface area contributed by atoms with Crippen molar-refractivity contribution in [3.8, 4) is 0 Å². The van der Waals surface area contributed by atoms with Crippen molar-refractivity contribution in [1.29, 1.82) is 0 Å². The van der Waals surface area contributed by atoms with Crippen molar-refractivity contribution in [2.24, 2.45) is 9.98 Å². The molecule has 0 unspecified atom stereocenters. The Balaban J connectivity index is 1.43. The summed E-state index contributed by atoms with van der Waals surface area (Å²) >= 11 is 5.69. The largest absolute Gasteiger partial charge is 0.279 e. The van der Waals surface area contributed by atoms with Crippen LogP contribution in [0.25, 0.3) is 0 Å². The first kappa shape index (κ1) is 16.2. The summed E-state index contributed by atoms with van der Waals surface area (Å²) in [7, 11) is 0. The zero-order chi connectivity index (χ0) is 18.2. The molecule has 3 aromatic rings. The third-order valence-corrected chi connectivity index (χ3v) is 5.44. The van der Waals surface area contributed by atoms with Gasteiger partial charge in [0.15, 0.2) is 0 Å². The zero-order valence-corrected chi connectivity index (χ0v) is 15.5. The molecule has 4 heteroatoms. The SMILES string of the molecule is S=C(Cc1ccccc1)C1=Nc2cc3c(cc2C1)CN=C3c1ccncc1. The quantitative estimate of drug-likeness (QED) is 0.628. The van der Waals surface area contributed by atoms with Crippen molar-refractivity contribution in [3.05, 3.63) is 94.8 Å². The van der Waals surface area contributed by atoms with E-state index in [-0.39, 0.29) is 0 Å². The predicted octanol–water partition coefficient (Wildman–Crippen LogP) is 4.67. The van der Waals surface area contributed by atoms with E-state index in [2.05, 4.69) is 29.2 Å². The summed E-state index contributed by atoms with van der Waals surface area (Å²) < 4.78 is 0. The first-order valence-electron chi connectivity index (χ1n) is 9.03. The summed E-state index contributed by atoms with van der Waals surface area (Å²) in [5, 5.41) is 0. The maximum absolute atomic E-state index is 5.69. The van der Waals surface area contributed by atoms with Gasteiger partial charge in [0.1, 0.15) is 0 Å². The summed E-state index contributed by atoms with van der Waals surface area (Å²) in [6, 6.07) is 18.8. The van der Waals surface area contributed by atoms with Crippen LogP contribution in [-0.4, -0.2) is 21.3 Å². The van der Waals surface area contributed by atoms with E-state index in [1.807, 2.05) is 42.7 Å². The fourth-order valence-electron chi connectivity index (χ4n) is 3.70. The monoisotopic (exact) mass is 367 g/mol. The molecule has 2 aliphatic rings. The van der Waals surface area contributed by atoms with Crippen molar-refractivity contribution < 1.29 is 0 Å². The van der Waals surface area contributed by atoms with Crippen LogP contribution < -0.4 is 0 Å². The molecule has 0 saturated carbocycles. The van der Waals surface area contributed by atoms with Gasteiger partial charge in [0.2, 0.25) is 0 Å². The zero-order valence-electron chi connectivity index (χ0n) is 14.7. The van der Waals surface area contributed by atoms with E-state index in [1.165, 1.54) is 22.3 Å². The van der Waals surface area contributed by atoms with E-state index in [1.54, 1.807) is 0 Å². The average Bonchev–Trinajstić information content (AvgIpc) is 3.31. The van der Waals surface area contributed by atoms with Crippen LogP contribution in [0.15, 0.2) is 77.0 Å².